The first-order valence-corrected chi connectivity index (χ1v) is 11.0. The molecule has 0 aliphatic heterocycles. The van der Waals surface area contributed by atoms with Crippen molar-refractivity contribution >= 4 is 19.0 Å². The largest absolute Gasteiger partial charge is 0.387 e. The van der Waals surface area contributed by atoms with Crippen LogP contribution in [-0.4, -0.2) is 13.3 Å². The molecule has 2 N–H and O–H groups in total. The van der Waals surface area contributed by atoms with E-state index in [1.165, 1.54) is 11.6 Å². The summed E-state index contributed by atoms with van der Waals surface area (Å²) in [6.45, 7) is 25.8. The van der Waals surface area contributed by atoms with Crippen LogP contribution in [0.1, 0.15) is 52.2 Å². The molecule has 1 rings (SSSR count). The summed E-state index contributed by atoms with van der Waals surface area (Å²) in [6, 6.07) is 6.41. The lowest BCUT2D eigenvalue weighted by molar-refractivity contribution is 0.591. The zero-order valence-corrected chi connectivity index (χ0v) is 19.9. The molecule has 0 bridgehead atoms. The molecule has 0 heterocycles. The lowest BCUT2D eigenvalue weighted by Gasteiger charge is -2.22. The molecule has 0 amide bonds. The molecule has 166 valence electrons. The van der Waals surface area contributed by atoms with Gasteiger partial charge in [-0.2, -0.15) is 0 Å². The quantitative estimate of drug-likeness (QED) is 0.259. The fraction of sp³-hybridized carbons (Fsp3) is 0.333. The van der Waals surface area contributed by atoms with Crippen LogP contribution in [-0.2, 0) is 6.42 Å². The fourth-order valence-electron chi connectivity index (χ4n) is 3.40. The minimum absolute atomic E-state index is 0.189. The van der Waals surface area contributed by atoms with Gasteiger partial charge in [-0.15, -0.1) is 6.58 Å². The standard InChI is InChI=1S/C27H38BFN2/c1-10-13-25-14-15-26(16-24(25)12-3)31-22(9)23(11-2)17-27(29)20(7)28-19(6)21(8)30-18(4)5/h11-12,14-17,19,21,28,30-31H,2-4,7,10,13H2,1,5-6,8-9H3/b23-22+,27-17+/t19?,21-/m0/s1. The van der Waals surface area contributed by atoms with Crippen molar-refractivity contribution in [1.29, 1.82) is 0 Å². The topological polar surface area (TPSA) is 24.1 Å². The zero-order chi connectivity index (χ0) is 23.6. The summed E-state index contributed by atoms with van der Waals surface area (Å²) in [5, 5.41) is 6.65. The van der Waals surface area contributed by atoms with E-state index in [4.69, 9.17) is 0 Å². The van der Waals surface area contributed by atoms with Crippen LogP contribution < -0.4 is 10.6 Å². The number of rotatable bonds is 13. The van der Waals surface area contributed by atoms with Gasteiger partial charge in [-0.05, 0) is 67.9 Å². The third kappa shape index (κ3) is 8.49. The molecule has 0 saturated heterocycles. The molecule has 0 aromatic heterocycles. The van der Waals surface area contributed by atoms with Crippen LogP contribution in [0, 0.1) is 0 Å². The first-order chi connectivity index (χ1) is 14.6. The van der Waals surface area contributed by atoms with Crippen LogP contribution in [0.2, 0.25) is 5.82 Å². The molecule has 0 fully saturated rings. The van der Waals surface area contributed by atoms with Crippen molar-refractivity contribution in [3.8, 4) is 0 Å². The Bertz CT molecular complexity index is 879. The molecule has 2 nitrogen and oxygen atoms in total. The van der Waals surface area contributed by atoms with E-state index >= 15 is 0 Å². The number of aryl methyl sites for hydroxylation is 1. The van der Waals surface area contributed by atoms with Crippen molar-refractivity contribution < 1.29 is 4.39 Å². The molecule has 0 radical (unpaired) electrons. The van der Waals surface area contributed by atoms with Crippen LogP contribution in [0.5, 0.6) is 0 Å². The number of halogens is 1. The third-order valence-electron chi connectivity index (χ3n) is 5.39. The summed E-state index contributed by atoms with van der Waals surface area (Å²) in [5.74, 6) is -0.104. The molecule has 0 aliphatic rings. The van der Waals surface area contributed by atoms with Gasteiger partial charge in [0.2, 0.25) is 0 Å². The lowest BCUT2D eigenvalue weighted by atomic mass is 9.57. The van der Waals surface area contributed by atoms with E-state index < -0.39 is 0 Å². The van der Waals surface area contributed by atoms with Gasteiger partial charge in [-0.3, -0.25) is 0 Å². The third-order valence-corrected chi connectivity index (χ3v) is 5.39. The Kier molecular flexibility index (Phi) is 10.9. The van der Waals surface area contributed by atoms with E-state index in [1.54, 1.807) is 6.08 Å². The van der Waals surface area contributed by atoms with Crippen LogP contribution >= 0.6 is 0 Å². The maximum absolute atomic E-state index is 14.9. The predicted octanol–water partition coefficient (Wildman–Crippen LogP) is 7.28. The summed E-state index contributed by atoms with van der Waals surface area (Å²) in [6.07, 6.45) is 7.13. The summed E-state index contributed by atoms with van der Waals surface area (Å²) < 4.78 is 14.9. The second-order valence-corrected chi connectivity index (χ2v) is 8.27. The van der Waals surface area contributed by atoms with E-state index in [0.717, 1.165) is 35.5 Å². The molecule has 2 atom stereocenters. The molecule has 0 spiro atoms. The highest BCUT2D eigenvalue weighted by atomic mass is 19.1. The highest BCUT2D eigenvalue weighted by Crippen LogP contribution is 2.23. The zero-order valence-electron chi connectivity index (χ0n) is 19.9. The van der Waals surface area contributed by atoms with E-state index in [2.05, 4.69) is 69.9 Å². The highest BCUT2D eigenvalue weighted by Gasteiger charge is 2.17. The summed E-state index contributed by atoms with van der Waals surface area (Å²) in [7, 11) is 0.558. The molecule has 4 heteroatoms. The van der Waals surface area contributed by atoms with Gasteiger partial charge in [0, 0.05) is 23.1 Å². The number of hydrogen-bond acceptors (Lipinski definition) is 2. The number of anilines is 1. The van der Waals surface area contributed by atoms with Gasteiger partial charge >= 0.3 is 0 Å². The smallest absolute Gasteiger partial charge is 0.165 e. The first-order valence-electron chi connectivity index (χ1n) is 11.0. The number of nitrogens with one attached hydrogen (secondary N) is 2. The van der Waals surface area contributed by atoms with Gasteiger partial charge in [-0.25, -0.2) is 4.39 Å². The Morgan fingerprint density at radius 3 is 2.42 bits per heavy atom. The monoisotopic (exact) mass is 420 g/mol. The molecule has 0 saturated carbocycles. The average Bonchev–Trinajstić information content (AvgIpc) is 2.72. The molecular weight excluding hydrogens is 382 g/mol. The molecular formula is C27H38BFN2. The number of benzene rings is 1. The van der Waals surface area contributed by atoms with Crippen molar-refractivity contribution in [2.24, 2.45) is 0 Å². The summed E-state index contributed by atoms with van der Waals surface area (Å²) in [5.41, 5.74) is 6.22. The van der Waals surface area contributed by atoms with Crippen molar-refractivity contribution in [2.45, 2.75) is 59.3 Å². The Labute approximate surface area is 189 Å². The molecule has 1 aromatic rings. The van der Waals surface area contributed by atoms with Crippen LogP contribution in [0.15, 0.2) is 84.9 Å². The van der Waals surface area contributed by atoms with Crippen molar-refractivity contribution in [3.63, 3.8) is 0 Å². The Morgan fingerprint density at radius 1 is 1.19 bits per heavy atom. The SMILES string of the molecule is C=CC(/C=C(/F)C(=C)BC(C)[C@H](C)NC(=C)C)=C(/C)Nc1ccc(CCC)c(C=C)c1. The minimum Gasteiger partial charge on any atom is -0.387 e. The lowest BCUT2D eigenvalue weighted by Crippen LogP contribution is -2.30. The van der Waals surface area contributed by atoms with Gasteiger partial charge in [0.05, 0.1) is 0 Å². The number of hydrogen-bond donors (Lipinski definition) is 2. The Morgan fingerprint density at radius 2 is 1.87 bits per heavy atom. The maximum atomic E-state index is 14.9. The van der Waals surface area contributed by atoms with Crippen molar-refractivity contribution in [2.75, 3.05) is 5.32 Å². The summed E-state index contributed by atoms with van der Waals surface area (Å²) >= 11 is 0. The van der Waals surface area contributed by atoms with Crippen LogP contribution in [0.3, 0.4) is 0 Å². The first kappa shape index (κ1) is 26.3. The second-order valence-electron chi connectivity index (χ2n) is 8.27. The molecule has 1 aromatic carbocycles. The summed E-state index contributed by atoms with van der Waals surface area (Å²) in [4.78, 5) is 0. The average molecular weight is 420 g/mol. The van der Waals surface area contributed by atoms with E-state index in [9.17, 15) is 4.39 Å². The van der Waals surface area contributed by atoms with Crippen molar-refractivity contribution in [3.05, 3.63) is 96.1 Å². The molecule has 31 heavy (non-hydrogen) atoms. The highest BCUT2D eigenvalue weighted by molar-refractivity contribution is 6.48. The van der Waals surface area contributed by atoms with Gasteiger partial charge in [0.15, 0.2) is 7.28 Å². The Hall–Kier alpha value is -2.75. The predicted molar refractivity (Wildman–Crippen MR) is 139 cm³/mol. The number of allylic oxidation sites excluding steroid dienone is 7. The van der Waals surface area contributed by atoms with E-state index in [1.807, 2.05) is 26.0 Å². The van der Waals surface area contributed by atoms with Gasteiger partial charge in [0.1, 0.15) is 5.83 Å². The molecule has 1 unspecified atom stereocenters. The normalized spacial score (nSPS) is 14.1. The molecule has 0 aliphatic carbocycles. The van der Waals surface area contributed by atoms with Gasteiger partial charge in [-0.1, -0.05) is 63.7 Å². The minimum atomic E-state index is -0.324. The Balaban J connectivity index is 2.98. The maximum Gasteiger partial charge on any atom is 0.165 e. The van der Waals surface area contributed by atoms with E-state index in [-0.39, 0.29) is 17.7 Å². The van der Waals surface area contributed by atoms with Crippen molar-refractivity contribution in [1.82, 2.24) is 5.32 Å². The van der Waals surface area contributed by atoms with Crippen LogP contribution in [0.25, 0.3) is 6.08 Å². The van der Waals surface area contributed by atoms with Gasteiger partial charge < -0.3 is 10.6 Å². The van der Waals surface area contributed by atoms with Crippen LogP contribution in [0.4, 0.5) is 10.1 Å². The van der Waals surface area contributed by atoms with E-state index in [0.29, 0.717) is 18.3 Å². The fourth-order valence-corrected chi connectivity index (χ4v) is 3.40. The second kappa shape index (κ2) is 12.8. The van der Waals surface area contributed by atoms with Gasteiger partial charge in [0.25, 0.3) is 0 Å².